The molecule has 29 heavy (non-hydrogen) atoms. The molecule has 0 amide bonds. The molecular weight excluding hydrogens is 362 g/mol. The number of amidine groups is 1. The van der Waals surface area contributed by atoms with Crippen LogP contribution in [-0.4, -0.2) is 46.5 Å². The molecule has 4 rings (SSSR count). The molecule has 1 fully saturated rings. The quantitative estimate of drug-likeness (QED) is 0.500. The number of nitrogen functional groups attached to an aromatic ring is 1. The van der Waals surface area contributed by atoms with Gasteiger partial charge in [0, 0.05) is 43.2 Å². The number of likely N-dealkylation sites (tertiary alicyclic amines) is 1. The second-order valence-electron chi connectivity index (χ2n) is 7.59. The second kappa shape index (κ2) is 8.49. The third kappa shape index (κ3) is 4.49. The molecule has 1 saturated heterocycles. The summed E-state index contributed by atoms with van der Waals surface area (Å²) in [6.45, 7) is 2.78. The van der Waals surface area contributed by atoms with Gasteiger partial charge in [0.05, 0.1) is 0 Å². The molecule has 150 valence electrons. The van der Waals surface area contributed by atoms with Gasteiger partial charge in [0.15, 0.2) is 0 Å². The number of rotatable bonds is 6. The van der Waals surface area contributed by atoms with E-state index in [9.17, 15) is 0 Å². The molecule has 0 aliphatic carbocycles. The number of hydrogen-bond donors (Lipinski definition) is 2. The highest BCUT2D eigenvalue weighted by molar-refractivity contribution is 5.96. The highest BCUT2D eigenvalue weighted by atomic mass is 16.5. The van der Waals surface area contributed by atoms with Crippen molar-refractivity contribution < 1.29 is 4.74 Å². The summed E-state index contributed by atoms with van der Waals surface area (Å²) in [5, 5.41) is 7.80. The Hall–Kier alpha value is -3.12. The molecule has 3 aromatic rings. The summed E-state index contributed by atoms with van der Waals surface area (Å²) in [5.74, 6) is 1.87. The van der Waals surface area contributed by atoms with Crippen molar-refractivity contribution in [3.63, 3.8) is 0 Å². The minimum atomic E-state index is 0.0812. The second-order valence-corrected chi connectivity index (χ2v) is 7.59. The van der Waals surface area contributed by atoms with Gasteiger partial charge in [-0.2, -0.15) is 0 Å². The van der Waals surface area contributed by atoms with Crippen LogP contribution in [0.3, 0.4) is 0 Å². The summed E-state index contributed by atoms with van der Waals surface area (Å²) in [5.41, 5.74) is 8.53. The zero-order valence-electron chi connectivity index (χ0n) is 16.7. The van der Waals surface area contributed by atoms with Crippen LogP contribution in [0.15, 0.2) is 60.9 Å². The number of ether oxygens (including phenoxy) is 1. The third-order valence-corrected chi connectivity index (χ3v) is 5.44. The lowest BCUT2D eigenvalue weighted by Crippen LogP contribution is -2.35. The molecule has 1 aromatic heterocycles. The number of hydrogen-bond acceptors (Lipinski definition) is 4. The highest BCUT2D eigenvalue weighted by Crippen LogP contribution is 2.24. The summed E-state index contributed by atoms with van der Waals surface area (Å²) in [7, 11) is 2.15. The monoisotopic (exact) mass is 389 g/mol. The fraction of sp³-hybridized carbons (Fsp3) is 0.304. The SMILES string of the molecule is CN1CCC(Oc2ccc(-c3nccn3Cc3ccccc3C(=N)N)cc2)CC1. The molecule has 6 heteroatoms. The zero-order valence-corrected chi connectivity index (χ0v) is 16.7. The minimum absolute atomic E-state index is 0.0812. The van der Waals surface area contributed by atoms with Gasteiger partial charge in [-0.3, -0.25) is 5.41 Å². The Morgan fingerprint density at radius 3 is 2.59 bits per heavy atom. The van der Waals surface area contributed by atoms with Crippen molar-refractivity contribution in [3.05, 3.63) is 72.1 Å². The number of aromatic nitrogens is 2. The Labute approximate surface area is 171 Å². The van der Waals surface area contributed by atoms with Gasteiger partial charge in [-0.1, -0.05) is 24.3 Å². The van der Waals surface area contributed by atoms with Crippen molar-refractivity contribution in [2.75, 3.05) is 20.1 Å². The standard InChI is InChI=1S/C23H27N5O/c1-27-13-10-20(11-14-27)29-19-8-6-17(7-9-19)23-26-12-15-28(23)16-18-4-2-3-5-21(18)22(24)25/h2-9,12,15,20H,10-11,13-14,16H2,1H3,(H3,24,25). The molecule has 6 nitrogen and oxygen atoms in total. The Morgan fingerprint density at radius 2 is 1.86 bits per heavy atom. The van der Waals surface area contributed by atoms with E-state index in [2.05, 4.69) is 33.6 Å². The maximum absolute atomic E-state index is 7.80. The lowest BCUT2D eigenvalue weighted by Gasteiger charge is -2.29. The van der Waals surface area contributed by atoms with Gasteiger partial charge < -0.3 is 19.9 Å². The number of imidazole rings is 1. The zero-order chi connectivity index (χ0) is 20.2. The first-order valence-corrected chi connectivity index (χ1v) is 9.99. The number of nitrogens with two attached hydrogens (primary N) is 1. The van der Waals surface area contributed by atoms with E-state index >= 15 is 0 Å². The highest BCUT2D eigenvalue weighted by Gasteiger charge is 2.18. The smallest absolute Gasteiger partial charge is 0.140 e. The van der Waals surface area contributed by atoms with Crippen molar-refractivity contribution in [1.29, 1.82) is 5.41 Å². The molecule has 1 aliphatic rings. The largest absolute Gasteiger partial charge is 0.490 e. The molecular formula is C23H27N5O. The van der Waals surface area contributed by atoms with E-state index in [1.54, 1.807) is 6.20 Å². The molecule has 2 aromatic carbocycles. The van der Waals surface area contributed by atoms with Gasteiger partial charge in [0.2, 0.25) is 0 Å². The summed E-state index contributed by atoms with van der Waals surface area (Å²) < 4.78 is 8.23. The molecule has 0 spiro atoms. The van der Waals surface area contributed by atoms with E-state index in [1.165, 1.54) is 0 Å². The van der Waals surface area contributed by atoms with Crippen LogP contribution in [0.2, 0.25) is 0 Å². The molecule has 1 aliphatic heterocycles. The van der Waals surface area contributed by atoms with E-state index < -0.39 is 0 Å². The summed E-state index contributed by atoms with van der Waals surface area (Å²) >= 11 is 0. The lowest BCUT2D eigenvalue weighted by atomic mass is 10.1. The summed E-state index contributed by atoms with van der Waals surface area (Å²) in [6, 6.07) is 15.9. The minimum Gasteiger partial charge on any atom is -0.490 e. The first kappa shape index (κ1) is 19.2. The van der Waals surface area contributed by atoms with Crippen LogP contribution in [0, 0.1) is 5.41 Å². The average molecular weight is 390 g/mol. The summed E-state index contributed by atoms with van der Waals surface area (Å²) in [6.07, 6.45) is 6.18. The van der Waals surface area contributed by atoms with E-state index in [0.717, 1.165) is 54.2 Å². The van der Waals surface area contributed by atoms with Gasteiger partial charge in [0.1, 0.15) is 23.5 Å². The van der Waals surface area contributed by atoms with Crippen LogP contribution in [0.4, 0.5) is 0 Å². The van der Waals surface area contributed by atoms with E-state index in [0.29, 0.717) is 12.6 Å². The fourth-order valence-corrected chi connectivity index (χ4v) is 3.78. The Bertz CT molecular complexity index is 971. The van der Waals surface area contributed by atoms with Crippen LogP contribution >= 0.6 is 0 Å². The Morgan fingerprint density at radius 1 is 1.14 bits per heavy atom. The molecule has 2 heterocycles. The molecule has 0 radical (unpaired) electrons. The molecule has 0 bridgehead atoms. The van der Waals surface area contributed by atoms with E-state index in [4.69, 9.17) is 15.9 Å². The number of nitrogens with one attached hydrogen (secondary N) is 1. The van der Waals surface area contributed by atoms with Crippen LogP contribution < -0.4 is 10.5 Å². The normalized spacial score (nSPS) is 15.3. The van der Waals surface area contributed by atoms with Crippen molar-refractivity contribution in [1.82, 2.24) is 14.5 Å². The first-order chi connectivity index (χ1) is 14.1. The Kier molecular flexibility index (Phi) is 5.62. The van der Waals surface area contributed by atoms with Gasteiger partial charge >= 0.3 is 0 Å². The molecule has 0 unspecified atom stereocenters. The summed E-state index contributed by atoms with van der Waals surface area (Å²) in [4.78, 5) is 6.88. The van der Waals surface area contributed by atoms with Crippen LogP contribution in [0.5, 0.6) is 5.75 Å². The molecule has 0 saturated carbocycles. The van der Waals surface area contributed by atoms with E-state index in [-0.39, 0.29) is 5.84 Å². The molecule has 0 atom stereocenters. The van der Waals surface area contributed by atoms with Crippen molar-refractivity contribution in [2.24, 2.45) is 5.73 Å². The van der Waals surface area contributed by atoms with Crippen LogP contribution in [0.1, 0.15) is 24.0 Å². The third-order valence-electron chi connectivity index (χ3n) is 5.44. The maximum Gasteiger partial charge on any atom is 0.140 e. The average Bonchev–Trinajstić information content (AvgIpc) is 3.19. The topological polar surface area (TPSA) is 80.2 Å². The predicted molar refractivity (Wildman–Crippen MR) is 115 cm³/mol. The van der Waals surface area contributed by atoms with Gasteiger partial charge in [-0.25, -0.2) is 4.98 Å². The van der Waals surface area contributed by atoms with Crippen molar-refractivity contribution >= 4 is 5.84 Å². The van der Waals surface area contributed by atoms with Crippen molar-refractivity contribution in [2.45, 2.75) is 25.5 Å². The van der Waals surface area contributed by atoms with E-state index in [1.807, 2.05) is 42.6 Å². The van der Waals surface area contributed by atoms with Gasteiger partial charge in [-0.15, -0.1) is 0 Å². The van der Waals surface area contributed by atoms with Crippen molar-refractivity contribution in [3.8, 4) is 17.1 Å². The lowest BCUT2D eigenvalue weighted by molar-refractivity contribution is 0.114. The fourth-order valence-electron chi connectivity index (χ4n) is 3.78. The number of benzene rings is 2. The van der Waals surface area contributed by atoms with Crippen LogP contribution in [0.25, 0.3) is 11.4 Å². The first-order valence-electron chi connectivity index (χ1n) is 9.99. The Balaban J connectivity index is 1.49. The number of piperidine rings is 1. The van der Waals surface area contributed by atoms with Gasteiger partial charge in [-0.05, 0) is 49.7 Å². The molecule has 3 N–H and O–H groups in total. The predicted octanol–water partition coefficient (Wildman–Crippen LogP) is 3.36. The van der Waals surface area contributed by atoms with Gasteiger partial charge in [0.25, 0.3) is 0 Å². The number of nitrogens with zero attached hydrogens (tertiary/aromatic N) is 3. The maximum atomic E-state index is 7.80. The van der Waals surface area contributed by atoms with Crippen LogP contribution in [-0.2, 0) is 6.54 Å².